The number of guanidine groups is 1. The molecule has 1 aliphatic rings. The predicted molar refractivity (Wildman–Crippen MR) is 102 cm³/mol. The van der Waals surface area contributed by atoms with Crippen LogP contribution in [-0.4, -0.2) is 17.0 Å². The maximum atomic E-state index is 6.01. The lowest BCUT2D eigenvalue weighted by atomic mass is 9.96. The molecule has 0 unspecified atom stereocenters. The average molecular weight is 410 g/mol. The lowest BCUT2D eigenvalue weighted by Gasteiger charge is -2.23. The minimum Gasteiger partial charge on any atom is -0.370 e. The van der Waals surface area contributed by atoms with Crippen LogP contribution >= 0.6 is 24.0 Å². The van der Waals surface area contributed by atoms with Crippen molar-refractivity contribution in [3.63, 3.8) is 0 Å². The number of benzene rings is 1. The zero-order valence-electron chi connectivity index (χ0n) is 12.7. The van der Waals surface area contributed by atoms with Crippen LogP contribution in [0.15, 0.2) is 41.5 Å². The number of hydrogen-bond acceptors (Lipinski definition) is 2. The SMILES string of the molecule is I.NC(=NCc1cccc2cccnc12)NC1CCCCC1. The Balaban J connectivity index is 0.00000176. The van der Waals surface area contributed by atoms with Gasteiger partial charge in [-0.1, -0.05) is 43.5 Å². The number of para-hydroxylation sites is 1. The van der Waals surface area contributed by atoms with E-state index in [1.54, 1.807) is 0 Å². The Labute approximate surface area is 148 Å². The molecule has 0 bridgehead atoms. The molecule has 0 aliphatic heterocycles. The van der Waals surface area contributed by atoms with Crippen LogP contribution in [0.4, 0.5) is 0 Å². The number of aliphatic imine (C=N–C) groups is 1. The summed E-state index contributed by atoms with van der Waals surface area (Å²) in [5.74, 6) is 0.551. The third-order valence-corrected chi connectivity index (χ3v) is 4.09. The topological polar surface area (TPSA) is 63.3 Å². The molecule has 4 nitrogen and oxygen atoms in total. The molecule has 118 valence electrons. The van der Waals surface area contributed by atoms with Crippen LogP contribution in [0.1, 0.15) is 37.7 Å². The van der Waals surface area contributed by atoms with Crippen molar-refractivity contribution in [1.29, 1.82) is 0 Å². The number of fused-ring (bicyclic) bond motifs is 1. The second kappa shape index (κ2) is 8.31. The summed E-state index contributed by atoms with van der Waals surface area (Å²) in [6.07, 6.45) is 8.14. The molecule has 1 saturated carbocycles. The van der Waals surface area contributed by atoms with Crippen molar-refractivity contribution in [2.45, 2.75) is 44.7 Å². The first-order valence-corrected chi connectivity index (χ1v) is 7.72. The monoisotopic (exact) mass is 410 g/mol. The summed E-state index contributed by atoms with van der Waals surface area (Å²) in [6.45, 7) is 0.569. The Morgan fingerprint density at radius 2 is 1.95 bits per heavy atom. The van der Waals surface area contributed by atoms with E-state index in [4.69, 9.17) is 5.73 Å². The maximum Gasteiger partial charge on any atom is 0.189 e. The van der Waals surface area contributed by atoms with Crippen molar-refractivity contribution in [2.75, 3.05) is 0 Å². The predicted octanol–water partition coefficient (Wildman–Crippen LogP) is 3.59. The van der Waals surface area contributed by atoms with E-state index in [1.807, 2.05) is 18.3 Å². The summed E-state index contributed by atoms with van der Waals surface area (Å²) >= 11 is 0. The molecular weight excluding hydrogens is 387 g/mol. The molecule has 0 amide bonds. The van der Waals surface area contributed by atoms with Crippen molar-refractivity contribution in [1.82, 2.24) is 10.3 Å². The van der Waals surface area contributed by atoms with E-state index in [9.17, 15) is 0 Å². The summed E-state index contributed by atoms with van der Waals surface area (Å²) in [5, 5.41) is 4.49. The first-order valence-electron chi connectivity index (χ1n) is 7.72. The van der Waals surface area contributed by atoms with E-state index < -0.39 is 0 Å². The van der Waals surface area contributed by atoms with Gasteiger partial charge in [-0.25, -0.2) is 4.99 Å². The van der Waals surface area contributed by atoms with Crippen molar-refractivity contribution < 1.29 is 0 Å². The van der Waals surface area contributed by atoms with Crippen LogP contribution in [0.3, 0.4) is 0 Å². The maximum absolute atomic E-state index is 6.01. The normalized spacial score (nSPS) is 16.3. The van der Waals surface area contributed by atoms with Gasteiger partial charge in [-0.3, -0.25) is 4.98 Å². The fourth-order valence-electron chi connectivity index (χ4n) is 2.97. The van der Waals surface area contributed by atoms with Gasteiger partial charge in [-0.2, -0.15) is 0 Å². The van der Waals surface area contributed by atoms with Gasteiger partial charge in [0.15, 0.2) is 5.96 Å². The number of halogens is 1. The molecule has 3 N–H and O–H groups in total. The molecule has 2 aromatic rings. The number of nitrogens with two attached hydrogens (primary N) is 1. The molecule has 5 heteroatoms. The first kappa shape index (κ1) is 17.0. The molecule has 1 aromatic carbocycles. The van der Waals surface area contributed by atoms with Crippen LogP contribution in [0.5, 0.6) is 0 Å². The van der Waals surface area contributed by atoms with Gasteiger partial charge in [0, 0.05) is 17.6 Å². The van der Waals surface area contributed by atoms with Crippen molar-refractivity contribution in [2.24, 2.45) is 10.7 Å². The second-order valence-corrected chi connectivity index (χ2v) is 5.67. The molecule has 1 fully saturated rings. The van der Waals surface area contributed by atoms with Gasteiger partial charge in [-0.05, 0) is 24.5 Å². The lowest BCUT2D eigenvalue weighted by Crippen LogP contribution is -2.41. The van der Waals surface area contributed by atoms with Crippen LogP contribution in [0, 0.1) is 0 Å². The minimum absolute atomic E-state index is 0. The summed E-state index contributed by atoms with van der Waals surface area (Å²) in [6, 6.07) is 10.7. The van der Waals surface area contributed by atoms with Crippen LogP contribution < -0.4 is 11.1 Å². The third-order valence-electron chi connectivity index (χ3n) is 4.09. The summed E-state index contributed by atoms with van der Waals surface area (Å²) in [4.78, 5) is 8.93. The molecule has 0 radical (unpaired) electrons. The number of pyridine rings is 1. The summed E-state index contributed by atoms with van der Waals surface area (Å²) < 4.78 is 0. The van der Waals surface area contributed by atoms with Crippen molar-refractivity contribution >= 4 is 40.8 Å². The Hall–Kier alpha value is -1.37. The van der Waals surface area contributed by atoms with Crippen LogP contribution in [-0.2, 0) is 6.54 Å². The smallest absolute Gasteiger partial charge is 0.189 e. The van der Waals surface area contributed by atoms with Crippen molar-refractivity contribution in [3.05, 3.63) is 42.1 Å². The Bertz CT molecular complexity index is 630. The van der Waals surface area contributed by atoms with Gasteiger partial charge >= 0.3 is 0 Å². The van der Waals surface area contributed by atoms with Crippen LogP contribution in [0.25, 0.3) is 10.9 Å². The van der Waals surface area contributed by atoms with Gasteiger partial charge in [-0.15, -0.1) is 24.0 Å². The minimum atomic E-state index is 0. The van der Waals surface area contributed by atoms with Gasteiger partial charge in [0.2, 0.25) is 0 Å². The highest BCUT2D eigenvalue weighted by Gasteiger charge is 2.13. The first-order chi connectivity index (χ1) is 10.3. The lowest BCUT2D eigenvalue weighted by molar-refractivity contribution is 0.412. The molecule has 1 heterocycles. The summed E-state index contributed by atoms with van der Waals surface area (Å²) in [5.41, 5.74) is 8.14. The molecule has 3 rings (SSSR count). The van der Waals surface area contributed by atoms with Gasteiger partial charge < -0.3 is 11.1 Å². The number of hydrogen-bond donors (Lipinski definition) is 2. The molecule has 22 heavy (non-hydrogen) atoms. The van der Waals surface area contributed by atoms with Gasteiger partial charge in [0.1, 0.15) is 0 Å². The molecular formula is C17H23IN4. The highest BCUT2D eigenvalue weighted by Crippen LogP contribution is 2.18. The van der Waals surface area contributed by atoms with E-state index in [0.29, 0.717) is 18.5 Å². The van der Waals surface area contributed by atoms with E-state index >= 15 is 0 Å². The molecule has 1 aromatic heterocycles. The van der Waals surface area contributed by atoms with Crippen LogP contribution in [0.2, 0.25) is 0 Å². The number of rotatable bonds is 3. The largest absolute Gasteiger partial charge is 0.370 e. The number of aromatic nitrogens is 1. The van der Waals surface area contributed by atoms with Crippen molar-refractivity contribution in [3.8, 4) is 0 Å². The third kappa shape index (κ3) is 4.32. The van der Waals surface area contributed by atoms with Gasteiger partial charge in [0.05, 0.1) is 12.1 Å². The summed E-state index contributed by atoms with van der Waals surface area (Å²) in [7, 11) is 0. The zero-order valence-corrected chi connectivity index (χ0v) is 15.0. The van der Waals surface area contributed by atoms with E-state index in [2.05, 4.69) is 33.5 Å². The van der Waals surface area contributed by atoms with Gasteiger partial charge in [0.25, 0.3) is 0 Å². The highest BCUT2D eigenvalue weighted by atomic mass is 127. The fraction of sp³-hybridized carbons (Fsp3) is 0.412. The average Bonchev–Trinajstić information content (AvgIpc) is 2.54. The molecule has 0 atom stereocenters. The highest BCUT2D eigenvalue weighted by molar-refractivity contribution is 14.0. The Kier molecular flexibility index (Phi) is 6.42. The zero-order chi connectivity index (χ0) is 14.5. The standard InChI is InChI=1S/C17H22N4.HI/c18-17(21-15-9-2-1-3-10-15)20-12-14-7-4-6-13-8-5-11-19-16(13)14;/h4-8,11,15H,1-3,9-10,12H2,(H3,18,20,21);1H. The van der Waals surface area contributed by atoms with E-state index in [-0.39, 0.29) is 24.0 Å². The molecule has 1 aliphatic carbocycles. The Morgan fingerprint density at radius 3 is 2.77 bits per heavy atom. The van der Waals surface area contributed by atoms with E-state index in [1.165, 1.54) is 32.1 Å². The Morgan fingerprint density at radius 1 is 1.18 bits per heavy atom. The number of nitrogens with one attached hydrogen (secondary N) is 1. The van der Waals surface area contributed by atoms with E-state index in [0.717, 1.165) is 16.5 Å². The number of nitrogens with zero attached hydrogens (tertiary/aromatic N) is 2. The molecule has 0 saturated heterocycles. The second-order valence-electron chi connectivity index (χ2n) is 5.67. The fourth-order valence-corrected chi connectivity index (χ4v) is 2.97. The quantitative estimate of drug-likeness (QED) is 0.462. The molecule has 0 spiro atoms.